The number of sulfone groups is 1. The third-order valence-corrected chi connectivity index (χ3v) is 5.14. The van der Waals surface area contributed by atoms with Crippen LogP contribution in [0.5, 0.6) is 0 Å². The van der Waals surface area contributed by atoms with E-state index in [2.05, 4.69) is 4.72 Å². The van der Waals surface area contributed by atoms with Crippen LogP contribution in [0.3, 0.4) is 0 Å². The van der Waals surface area contributed by atoms with Gasteiger partial charge in [0.05, 0.1) is 11.5 Å². The molecule has 1 atom stereocenters. The van der Waals surface area contributed by atoms with Crippen LogP contribution in [0.15, 0.2) is 0 Å². The van der Waals surface area contributed by atoms with Gasteiger partial charge in [-0.1, -0.05) is 13.3 Å². The van der Waals surface area contributed by atoms with Crippen molar-refractivity contribution >= 4 is 19.9 Å². The van der Waals surface area contributed by atoms with Crippen molar-refractivity contribution in [1.82, 2.24) is 4.72 Å². The Kier molecular flexibility index (Phi) is 8.00. The van der Waals surface area contributed by atoms with Crippen LogP contribution in [0.1, 0.15) is 26.2 Å². The van der Waals surface area contributed by atoms with Crippen LogP contribution in [-0.2, 0) is 19.9 Å². The van der Waals surface area contributed by atoms with Gasteiger partial charge in [-0.3, -0.25) is 0 Å². The van der Waals surface area contributed by atoms with Gasteiger partial charge in [-0.25, -0.2) is 21.6 Å². The lowest BCUT2D eigenvalue weighted by Gasteiger charge is -2.15. The van der Waals surface area contributed by atoms with Crippen molar-refractivity contribution in [3.8, 4) is 0 Å². The van der Waals surface area contributed by atoms with Gasteiger partial charge in [0.15, 0.2) is 0 Å². The molecule has 0 aliphatic carbocycles. The molecule has 0 spiro atoms. The van der Waals surface area contributed by atoms with Crippen molar-refractivity contribution in [2.45, 2.75) is 26.2 Å². The molecule has 110 valence electrons. The highest BCUT2D eigenvalue weighted by molar-refractivity contribution is 7.93. The Morgan fingerprint density at radius 3 is 2.17 bits per heavy atom. The van der Waals surface area contributed by atoms with E-state index >= 15 is 0 Å². The van der Waals surface area contributed by atoms with E-state index in [1.807, 2.05) is 6.92 Å². The molecule has 0 fully saturated rings. The smallest absolute Gasteiger partial charge is 0.212 e. The highest BCUT2D eigenvalue weighted by Crippen LogP contribution is 2.09. The number of nitrogens with one attached hydrogen (secondary N) is 1. The highest BCUT2D eigenvalue weighted by atomic mass is 32.2. The lowest BCUT2D eigenvalue weighted by atomic mass is 10.0. The van der Waals surface area contributed by atoms with Crippen LogP contribution >= 0.6 is 0 Å². The number of sulfonamides is 1. The summed E-state index contributed by atoms with van der Waals surface area (Å²) in [7, 11) is -6.77. The summed E-state index contributed by atoms with van der Waals surface area (Å²) in [6.07, 6.45) is 3.67. The van der Waals surface area contributed by atoms with E-state index in [9.17, 15) is 16.8 Å². The SMILES string of the molecule is CCCC(CCN)CNS(=O)(=O)CCS(C)(=O)=O. The van der Waals surface area contributed by atoms with Crippen molar-refractivity contribution in [1.29, 1.82) is 0 Å². The summed E-state index contributed by atoms with van der Waals surface area (Å²) < 4.78 is 47.4. The fourth-order valence-electron chi connectivity index (χ4n) is 1.57. The Morgan fingerprint density at radius 2 is 1.72 bits per heavy atom. The monoisotopic (exact) mass is 300 g/mol. The van der Waals surface area contributed by atoms with Crippen LogP contribution in [0.25, 0.3) is 0 Å². The van der Waals surface area contributed by atoms with E-state index in [0.717, 1.165) is 25.5 Å². The average Bonchev–Trinajstić information content (AvgIpc) is 2.23. The first-order chi connectivity index (χ1) is 8.20. The number of hydrogen-bond donors (Lipinski definition) is 2. The molecule has 8 heteroatoms. The molecule has 3 N–H and O–H groups in total. The first-order valence-corrected chi connectivity index (χ1v) is 9.76. The van der Waals surface area contributed by atoms with Crippen LogP contribution in [0.2, 0.25) is 0 Å². The van der Waals surface area contributed by atoms with E-state index in [0.29, 0.717) is 13.1 Å². The van der Waals surface area contributed by atoms with E-state index in [1.165, 1.54) is 0 Å². The van der Waals surface area contributed by atoms with Crippen molar-refractivity contribution in [3.63, 3.8) is 0 Å². The van der Waals surface area contributed by atoms with E-state index in [4.69, 9.17) is 5.73 Å². The summed E-state index contributed by atoms with van der Waals surface area (Å²) in [6.45, 7) is 2.88. The summed E-state index contributed by atoms with van der Waals surface area (Å²) >= 11 is 0. The lowest BCUT2D eigenvalue weighted by Crippen LogP contribution is -2.34. The number of hydrogen-bond acceptors (Lipinski definition) is 5. The summed E-state index contributed by atoms with van der Waals surface area (Å²) in [5.41, 5.74) is 5.46. The molecule has 0 amide bonds. The summed E-state index contributed by atoms with van der Waals surface area (Å²) in [5, 5.41) is 0. The second kappa shape index (κ2) is 8.08. The Bertz CT molecular complexity index is 411. The standard InChI is InChI=1S/C10H24N2O4S2/c1-3-4-10(5-6-11)9-12-18(15,16)8-7-17(2,13)14/h10,12H,3-9,11H2,1-2H3. The third kappa shape index (κ3) is 9.81. The first kappa shape index (κ1) is 17.8. The molecule has 6 nitrogen and oxygen atoms in total. The molecule has 18 heavy (non-hydrogen) atoms. The van der Waals surface area contributed by atoms with Gasteiger partial charge in [-0.15, -0.1) is 0 Å². The Labute approximate surface area is 110 Å². The predicted molar refractivity (Wildman–Crippen MR) is 73.6 cm³/mol. The zero-order valence-electron chi connectivity index (χ0n) is 11.1. The Balaban J connectivity index is 4.23. The molecule has 1 unspecified atom stereocenters. The largest absolute Gasteiger partial charge is 0.330 e. The minimum absolute atomic E-state index is 0.216. The van der Waals surface area contributed by atoms with Crippen molar-refractivity contribution < 1.29 is 16.8 Å². The minimum atomic E-state index is -3.52. The fraction of sp³-hybridized carbons (Fsp3) is 1.00. The van der Waals surface area contributed by atoms with Crippen molar-refractivity contribution in [2.75, 3.05) is 30.9 Å². The second-order valence-corrected chi connectivity index (χ2v) is 8.72. The molecule has 0 rings (SSSR count). The minimum Gasteiger partial charge on any atom is -0.330 e. The van der Waals surface area contributed by atoms with Gasteiger partial charge in [0, 0.05) is 12.8 Å². The van der Waals surface area contributed by atoms with E-state index in [-0.39, 0.29) is 17.4 Å². The van der Waals surface area contributed by atoms with Gasteiger partial charge in [-0.2, -0.15) is 0 Å². The van der Waals surface area contributed by atoms with Gasteiger partial charge in [0.1, 0.15) is 9.84 Å². The maximum absolute atomic E-state index is 11.6. The van der Waals surface area contributed by atoms with E-state index in [1.54, 1.807) is 0 Å². The van der Waals surface area contributed by atoms with Gasteiger partial charge >= 0.3 is 0 Å². The average molecular weight is 300 g/mol. The Morgan fingerprint density at radius 1 is 1.11 bits per heavy atom. The quantitative estimate of drug-likeness (QED) is 0.577. The van der Waals surface area contributed by atoms with Gasteiger partial charge in [0.2, 0.25) is 10.0 Å². The molecule has 0 aliphatic rings. The molecule has 0 aromatic carbocycles. The summed E-state index contributed by atoms with van der Waals surface area (Å²) in [6, 6.07) is 0. The molecule has 0 heterocycles. The maximum Gasteiger partial charge on any atom is 0.212 e. The molecule has 0 radical (unpaired) electrons. The first-order valence-electron chi connectivity index (χ1n) is 6.05. The second-order valence-electron chi connectivity index (χ2n) is 4.53. The zero-order valence-corrected chi connectivity index (χ0v) is 12.7. The molecule has 0 saturated carbocycles. The highest BCUT2D eigenvalue weighted by Gasteiger charge is 2.16. The van der Waals surface area contributed by atoms with Crippen LogP contribution in [0, 0.1) is 5.92 Å². The summed E-state index contributed by atoms with van der Waals surface area (Å²) in [5.74, 6) is -0.515. The molecule has 0 aromatic heterocycles. The maximum atomic E-state index is 11.6. The number of rotatable bonds is 10. The molecule has 0 bridgehead atoms. The summed E-state index contributed by atoms with van der Waals surface area (Å²) in [4.78, 5) is 0. The van der Waals surface area contributed by atoms with Crippen LogP contribution < -0.4 is 10.5 Å². The lowest BCUT2D eigenvalue weighted by molar-refractivity contribution is 0.443. The number of nitrogens with two attached hydrogens (primary N) is 1. The predicted octanol–water partition coefficient (Wildman–Crippen LogP) is -0.284. The zero-order chi connectivity index (χ0) is 14.2. The molecule has 0 aliphatic heterocycles. The van der Waals surface area contributed by atoms with Crippen LogP contribution in [0.4, 0.5) is 0 Å². The normalized spacial score (nSPS) is 14.6. The van der Waals surface area contributed by atoms with Crippen molar-refractivity contribution in [2.24, 2.45) is 11.7 Å². The third-order valence-electron chi connectivity index (χ3n) is 2.59. The topological polar surface area (TPSA) is 106 Å². The van der Waals surface area contributed by atoms with Crippen molar-refractivity contribution in [3.05, 3.63) is 0 Å². The van der Waals surface area contributed by atoms with Gasteiger partial charge in [0.25, 0.3) is 0 Å². The van der Waals surface area contributed by atoms with E-state index < -0.39 is 19.9 Å². The molecule has 0 aromatic rings. The van der Waals surface area contributed by atoms with Gasteiger partial charge < -0.3 is 5.73 Å². The fourth-order valence-corrected chi connectivity index (χ4v) is 4.29. The van der Waals surface area contributed by atoms with Gasteiger partial charge in [-0.05, 0) is 25.3 Å². The van der Waals surface area contributed by atoms with Crippen LogP contribution in [-0.4, -0.2) is 47.7 Å². The molecular formula is C10H24N2O4S2. The molecule has 0 saturated heterocycles. The Hall–Kier alpha value is -0.180. The molecular weight excluding hydrogens is 276 g/mol.